The standard InChI is InChI=1S/C16H26N2O2/c1-3-4-7-10-18(11-12-19)13-16(20)17-15-9-6-5-8-14(15)2/h5-6,8-9,19H,3-4,7,10-13H2,1-2H3,(H,17,20). The number of carbonyl (C=O) groups is 1. The van der Waals surface area contributed by atoms with E-state index in [9.17, 15) is 4.79 Å². The number of nitrogens with zero attached hydrogens (tertiary/aromatic N) is 1. The van der Waals surface area contributed by atoms with E-state index < -0.39 is 0 Å². The van der Waals surface area contributed by atoms with Crippen LogP contribution in [0, 0.1) is 6.92 Å². The highest BCUT2D eigenvalue weighted by Crippen LogP contribution is 2.13. The van der Waals surface area contributed by atoms with Gasteiger partial charge in [-0.15, -0.1) is 0 Å². The largest absolute Gasteiger partial charge is 0.395 e. The second kappa shape index (κ2) is 9.50. The molecule has 0 aliphatic rings. The van der Waals surface area contributed by atoms with Crippen LogP contribution in [-0.2, 0) is 4.79 Å². The summed E-state index contributed by atoms with van der Waals surface area (Å²) in [6.07, 6.45) is 3.37. The number of anilines is 1. The lowest BCUT2D eigenvalue weighted by Crippen LogP contribution is -2.36. The zero-order valence-electron chi connectivity index (χ0n) is 12.6. The fourth-order valence-corrected chi connectivity index (χ4v) is 2.10. The Bertz CT molecular complexity index is 407. The van der Waals surface area contributed by atoms with Crippen LogP contribution in [0.15, 0.2) is 24.3 Å². The molecule has 1 rings (SSSR count). The second-order valence-electron chi connectivity index (χ2n) is 5.07. The first-order valence-corrected chi connectivity index (χ1v) is 7.36. The van der Waals surface area contributed by atoms with Crippen molar-refractivity contribution in [2.75, 3.05) is 31.6 Å². The fourth-order valence-electron chi connectivity index (χ4n) is 2.10. The van der Waals surface area contributed by atoms with Gasteiger partial charge in [-0.2, -0.15) is 0 Å². The number of carbonyl (C=O) groups excluding carboxylic acids is 1. The maximum absolute atomic E-state index is 12.0. The number of rotatable bonds is 9. The lowest BCUT2D eigenvalue weighted by molar-refractivity contribution is -0.117. The van der Waals surface area contributed by atoms with Crippen molar-refractivity contribution < 1.29 is 9.90 Å². The monoisotopic (exact) mass is 278 g/mol. The van der Waals surface area contributed by atoms with Gasteiger partial charge in [-0.05, 0) is 31.5 Å². The van der Waals surface area contributed by atoms with Crippen molar-refractivity contribution in [1.29, 1.82) is 0 Å². The summed E-state index contributed by atoms with van der Waals surface area (Å²) in [5.41, 5.74) is 1.91. The van der Waals surface area contributed by atoms with E-state index in [2.05, 4.69) is 12.2 Å². The Morgan fingerprint density at radius 3 is 2.65 bits per heavy atom. The summed E-state index contributed by atoms with van der Waals surface area (Å²) in [4.78, 5) is 14.1. The first kappa shape index (κ1) is 16.7. The van der Waals surface area contributed by atoms with Gasteiger partial charge < -0.3 is 10.4 Å². The molecule has 1 aromatic carbocycles. The van der Waals surface area contributed by atoms with Crippen LogP contribution < -0.4 is 5.32 Å². The first-order chi connectivity index (χ1) is 9.67. The fraction of sp³-hybridized carbons (Fsp3) is 0.562. The van der Waals surface area contributed by atoms with Crippen LogP contribution in [0.5, 0.6) is 0 Å². The molecule has 0 aliphatic heterocycles. The average Bonchev–Trinajstić information content (AvgIpc) is 2.42. The Morgan fingerprint density at radius 2 is 2.00 bits per heavy atom. The molecule has 4 nitrogen and oxygen atoms in total. The number of para-hydroxylation sites is 1. The topological polar surface area (TPSA) is 52.6 Å². The number of benzene rings is 1. The van der Waals surface area contributed by atoms with Crippen molar-refractivity contribution in [2.24, 2.45) is 0 Å². The first-order valence-electron chi connectivity index (χ1n) is 7.36. The van der Waals surface area contributed by atoms with E-state index in [4.69, 9.17) is 5.11 Å². The zero-order chi connectivity index (χ0) is 14.8. The summed E-state index contributed by atoms with van der Waals surface area (Å²) < 4.78 is 0. The molecule has 0 unspecified atom stereocenters. The molecule has 0 heterocycles. The Labute approximate surface area is 121 Å². The van der Waals surface area contributed by atoms with Gasteiger partial charge >= 0.3 is 0 Å². The summed E-state index contributed by atoms with van der Waals surface area (Å²) in [5.74, 6) is -0.0238. The molecule has 0 aromatic heterocycles. The van der Waals surface area contributed by atoms with Gasteiger partial charge in [0.1, 0.15) is 0 Å². The van der Waals surface area contributed by atoms with Gasteiger partial charge in [-0.25, -0.2) is 0 Å². The van der Waals surface area contributed by atoms with Crippen molar-refractivity contribution >= 4 is 11.6 Å². The van der Waals surface area contributed by atoms with Crippen LogP contribution in [0.2, 0.25) is 0 Å². The SMILES string of the molecule is CCCCCN(CCO)CC(=O)Nc1ccccc1C. The Kier molecular flexibility index (Phi) is 7.92. The van der Waals surface area contributed by atoms with Crippen molar-refractivity contribution in [3.63, 3.8) is 0 Å². The highest BCUT2D eigenvalue weighted by atomic mass is 16.3. The van der Waals surface area contributed by atoms with Crippen LogP contribution in [0.25, 0.3) is 0 Å². The zero-order valence-corrected chi connectivity index (χ0v) is 12.6. The molecule has 0 radical (unpaired) electrons. The lowest BCUT2D eigenvalue weighted by atomic mass is 10.2. The lowest BCUT2D eigenvalue weighted by Gasteiger charge is -2.20. The second-order valence-corrected chi connectivity index (χ2v) is 5.07. The predicted molar refractivity (Wildman–Crippen MR) is 82.9 cm³/mol. The van der Waals surface area contributed by atoms with Gasteiger partial charge in [0.15, 0.2) is 0 Å². The third-order valence-electron chi connectivity index (χ3n) is 3.28. The number of aliphatic hydroxyl groups is 1. The quantitative estimate of drug-likeness (QED) is 0.682. The summed E-state index contributed by atoms with van der Waals surface area (Å²) >= 11 is 0. The van der Waals surface area contributed by atoms with Gasteiger partial charge in [0, 0.05) is 12.2 Å². The number of aryl methyl sites for hydroxylation is 1. The Morgan fingerprint density at radius 1 is 1.25 bits per heavy atom. The Balaban J connectivity index is 2.46. The minimum absolute atomic E-state index is 0.0238. The smallest absolute Gasteiger partial charge is 0.238 e. The number of nitrogens with one attached hydrogen (secondary N) is 1. The van der Waals surface area contributed by atoms with Gasteiger partial charge in [0.2, 0.25) is 5.91 Å². The molecule has 1 amide bonds. The van der Waals surface area contributed by atoms with Gasteiger partial charge in [0.05, 0.1) is 13.2 Å². The molecule has 1 aromatic rings. The normalized spacial score (nSPS) is 10.8. The van der Waals surface area contributed by atoms with Crippen LogP contribution in [0.3, 0.4) is 0 Å². The summed E-state index contributed by atoms with van der Waals surface area (Å²) in [5, 5.41) is 12.0. The van der Waals surface area contributed by atoms with Crippen molar-refractivity contribution in [2.45, 2.75) is 33.1 Å². The number of unbranched alkanes of at least 4 members (excludes halogenated alkanes) is 2. The van der Waals surface area contributed by atoms with Crippen LogP contribution in [0.4, 0.5) is 5.69 Å². The van der Waals surface area contributed by atoms with E-state index in [1.807, 2.05) is 36.1 Å². The van der Waals surface area contributed by atoms with Crippen molar-refractivity contribution in [3.8, 4) is 0 Å². The molecule has 0 aliphatic carbocycles. The van der Waals surface area contributed by atoms with E-state index in [0.717, 1.165) is 37.1 Å². The molecule has 20 heavy (non-hydrogen) atoms. The highest BCUT2D eigenvalue weighted by molar-refractivity contribution is 5.92. The summed E-state index contributed by atoms with van der Waals surface area (Å²) in [7, 11) is 0. The average molecular weight is 278 g/mol. The van der Waals surface area contributed by atoms with E-state index in [0.29, 0.717) is 13.1 Å². The maximum Gasteiger partial charge on any atom is 0.238 e. The van der Waals surface area contributed by atoms with Crippen LogP contribution >= 0.6 is 0 Å². The van der Waals surface area contributed by atoms with E-state index in [-0.39, 0.29) is 12.5 Å². The molecule has 0 atom stereocenters. The molecule has 112 valence electrons. The van der Waals surface area contributed by atoms with Gasteiger partial charge in [0.25, 0.3) is 0 Å². The van der Waals surface area contributed by atoms with Crippen LogP contribution in [-0.4, -0.2) is 42.2 Å². The highest BCUT2D eigenvalue weighted by Gasteiger charge is 2.10. The van der Waals surface area contributed by atoms with Crippen molar-refractivity contribution in [3.05, 3.63) is 29.8 Å². The molecular formula is C16H26N2O2. The molecule has 0 saturated heterocycles. The number of hydrogen-bond donors (Lipinski definition) is 2. The summed E-state index contributed by atoms with van der Waals surface area (Å²) in [6, 6.07) is 7.74. The number of amides is 1. The number of hydrogen-bond acceptors (Lipinski definition) is 3. The molecule has 2 N–H and O–H groups in total. The molecule has 4 heteroatoms. The van der Waals surface area contributed by atoms with Gasteiger partial charge in [-0.1, -0.05) is 38.0 Å². The Hall–Kier alpha value is -1.39. The van der Waals surface area contributed by atoms with E-state index in [1.54, 1.807) is 0 Å². The van der Waals surface area contributed by atoms with E-state index in [1.165, 1.54) is 0 Å². The molecule has 0 fully saturated rings. The predicted octanol–water partition coefficient (Wildman–Crippen LogP) is 2.42. The molecular weight excluding hydrogens is 252 g/mol. The minimum atomic E-state index is -0.0238. The number of aliphatic hydroxyl groups excluding tert-OH is 1. The molecule has 0 spiro atoms. The molecule has 0 bridgehead atoms. The third-order valence-corrected chi connectivity index (χ3v) is 3.28. The van der Waals surface area contributed by atoms with Crippen molar-refractivity contribution in [1.82, 2.24) is 4.90 Å². The van der Waals surface area contributed by atoms with Crippen LogP contribution in [0.1, 0.15) is 31.7 Å². The minimum Gasteiger partial charge on any atom is -0.395 e. The van der Waals surface area contributed by atoms with E-state index >= 15 is 0 Å². The third kappa shape index (κ3) is 6.17. The van der Waals surface area contributed by atoms with Gasteiger partial charge in [-0.3, -0.25) is 9.69 Å². The molecule has 0 saturated carbocycles. The maximum atomic E-state index is 12.0. The summed E-state index contributed by atoms with van der Waals surface area (Å²) in [6.45, 7) is 5.95.